The predicted molar refractivity (Wildman–Crippen MR) is 60.5 cm³/mol. The number of carbonyl (C=O) groups is 1. The molecule has 1 aromatic heterocycles. The second kappa shape index (κ2) is 5.21. The van der Waals surface area contributed by atoms with E-state index >= 15 is 0 Å². The molecule has 1 unspecified atom stereocenters. The van der Waals surface area contributed by atoms with Gasteiger partial charge in [0.2, 0.25) is 15.9 Å². The quantitative estimate of drug-likeness (QED) is 0.684. The van der Waals surface area contributed by atoms with Crippen LogP contribution >= 0.6 is 0 Å². The minimum absolute atomic E-state index is 0.229. The first kappa shape index (κ1) is 13.6. The van der Waals surface area contributed by atoms with Crippen molar-refractivity contribution in [1.82, 2.24) is 9.71 Å². The maximum Gasteiger partial charge on any atom is 0.248 e. The van der Waals surface area contributed by atoms with Gasteiger partial charge in [-0.05, 0) is 12.1 Å². The molecule has 1 rings (SSSR count). The number of nitrogens with one attached hydrogen (secondary N) is 1. The van der Waals surface area contributed by atoms with Gasteiger partial charge < -0.3 is 10.5 Å². The Kier molecular flexibility index (Phi) is 4.16. The third-order valence-corrected chi connectivity index (χ3v) is 2.53. The van der Waals surface area contributed by atoms with Gasteiger partial charge in [-0.2, -0.15) is 4.72 Å². The second-order valence-corrected chi connectivity index (χ2v) is 5.12. The molecule has 1 aromatic rings. The van der Waals surface area contributed by atoms with Gasteiger partial charge in [-0.25, -0.2) is 8.42 Å². The average Bonchev–Trinajstić information content (AvgIpc) is 2.25. The van der Waals surface area contributed by atoms with E-state index in [2.05, 4.69) is 9.71 Å². The second-order valence-electron chi connectivity index (χ2n) is 3.34. The lowest BCUT2D eigenvalue weighted by molar-refractivity contribution is 0.0904. The number of carbonyl (C=O) groups excluding carboxylic acids is 1. The topological polar surface area (TPSA) is 111 Å². The van der Waals surface area contributed by atoms with Crippen molar-refractivity contribution >= 4 is 15.9 Å². The van der Waals surface area contributed by atoms with Crippen LogP contribution in [0.3, 0.4) is 0 Å². The molecule has 1 heterocycles. The summed E-state index contributed by atoms with van der Waals surface area (Å²) < 4.78 is 29.3. The number of primary amides is 1. The van der Waals surface area contributed by atoms with E-state index < -0.39 is 22.2 Å². The summed E-state index contributed by atoms with van der Waals surface area (Å²) >= 11 is 0. The Bertz CT molecular complexity index is 515. The van der Waals surface area contributed by atoms with Crippen molar-refractivity contribution < 1.29 is 17.9 Å². The van der Waals surface area contributed by atoms with Gasteiger partial charge in [-0.15, -0.1) is 0 Å². The standard InChI is InChI=1S/C9H13N3O4S/c1-16-9(12-17(2,14)15)7-5-6(8(10)13)3-4-11-7/h3-5,9,12H,1-2H3,(H2,10,13). The zero-order valence-electron chi connectivity index (χ0n) is 9.38. The molecular formula is C9H13N3O4S. The summed E-state index contributed by atoms with van der Waals surface area (Å²) in [6.07, 6.45) is 1.40. The molecule has 0 saturated heterocycles. The van der Waals surface area contributed by atoms with Gasteiger partial charge in [-0.1, -0.05) is 0 Å². The first-order valence-electron chi connectivity index (χ1n) is 4.59. The van der Waals surface area contributed by atoms with Crippen LogP contribution in [0.15, 0.2) is 18.3 Å². The van der Waals surface area contributed by atoms with Gasteiger partial charge >= 0.3 is 0 Å². The van der Waals surface area contributed by atoms with Gasteiger partial charge in [-0.3, -0.25) is 9.78 Å². The third-order valence-electron chi connectivity index (χ3n) is 1.89. The van der Waals surface area contributed by atoms with Crippen molar-refractivity contribution in [3.63, 3.8) is 0 Å². The SMILES string of the molecule is COC(NS(C)(=O)=O)c1cc(C(N)=O)ccn1. The molecule has 1 amide bonds. The van der Waals surface area contributed by atoms with Crippen molar-refractivity contribution in [2.24, 2.45) is 5.73 Å². The number of sulfonamides is 1. The van der Waals surface area contributed by atoms with Crippen molar-refractivity contribution in [1.29, 1.82) is 0 Å². The molecule has 0 fully saturated rings. The number of hydrogen-bond donors (Lipinski definition) is 2. The van der Waals surface area contributed by atoms with Gasteiger partial charge in [0.05, 0.1) is 11.9 Å². The summed E-state index contributed by atoms with van der Waals surface area (Å²) in [5, 5.41) is 0. The molecule has 0 aromatic carbocycles. The lowest BCUT2D eigenvalue weighted by Gasteiger charge is -2.15. The molecule has 7 nitrogen and oxygen atoms in total. The monoisotopic (exact) mass is 259 g/mol. The largest absolute Gasteiger partial charge is 0.366 e. The molecule has 0 aliphatic rings. The molecule has 0 aliphatic heterocycles. The number of rotatable bonds is 5. The van der Waals surface area contributed by atoms with E-state index in [1.54, 1.807) is 0 Å². The minimum Gasteiger partial charge on any atom is -0.366 e. The highest BCUT2D eigenvalue weighted by Crippen LogP contribution is 2.13. The fourth-order valence-electron chi connectivity index (χ4n) is 1.17. The van der Waals surface area contributed by atoms with Crippen LogP contribution in [0.5, 0.6) is 0 Å². The first-order chi connectivity index (χ1) is 7.83. The molecule has 0 aliphatic carbocycles. The highest BCUT2D eigenvalue weighted by atomic mass is 32.2. The zero-order chi connectivity index (χ0) is 13.1. The van der Waals surface area contributed by atoms with Crippen LogP contribution in [0, 0.1) is 0 Å². The summed E-state index contributed by atoms with van der Waals surface area (Å²) in [4.78, 5) is 14.9. The molecule has 0 spiro atoms. The molecule has 0 radical (unpaired) electrons. The maximum absolute atomic E-state index is 11.1. The number of pyridine rings is 1. The predicted octanol–water partition coefficient (Wildman–Crippen LogP) is -0.625. The maximum atomic E-state index is 11.1. The smallest absolute Gasteiger partial charge is 0.248 e. The molecule has 94 valence electrons. The number of ether oxygens (including phenoxy) is 1. The van der Waals surface area contributed by atoms with E-state index in [-0.39, 0.29) is 11.3 Å². The molecule has 8 heteroatoms. The van der Waals surface area contributed by atoms with Gasteiger partial charge in [0.25, 0.3) is 0 Å². The van der Waals surface area contributed by atoms with Crippen molar-refractivity contribution in [3.05, 3.63) is 29.6 Å². The molecule has 17 heavy (non-hydrogen) atoms. The molecule has 0 bridgehead atoms. The highest BCUT2D eigenvalue weighted by Gasteiger charge is 2.17. The number of methoxy groups -OCH3 is 1. The lowest BCUT2D eigenvalue weighted by Crippen LogP contribution is -2.29. The summed E-state index contributed by atoms with van der Waals surface area (Å²) in [6, 6.07) is 2.80. The fraction of sp³-hybridized carbons (Fsp3) is 0.333. The van der Waals surface area contributed by atoms with Gasteiger partial charge in [0.1, 0.15) is 0 Å². The third kappa shape index (κ3) is 4.10. The van der Waals surface area contributed by atoms with Crippen LogP contribution in [0.4, 0.5) is 0 Å². The van der Waals surface area contributed by atoms with E-state index in [9.17, 15) is 13.2 Å². The van der Waals surface area contributed by atoms with Crippen LogP contribution in [0.25, 0.3) is 0 Å². The van der Waals surface area contributed by atoms with Crippen LogP contribution in [0.1, 0.15) is 22.3 Å². The summed E-state index contributed by atoms with van der Waals surface area (Å²) in [7, 11) is -2.13. The first-order valence-corrected chi connectivity index (χ1v) is 6.48. The van der Waals surface area contributed by atoms with Crippen molar-refractivity contribution in [2.75, 3.05) is 13.4 Å². The van der Waals surface area contributed by atoms with Crippen LogP contribution < -0.4 is 10.5 Å². The van der Waals surface area contributed by atoms with E-state index in [1.807, 2.05) is 0 Å². The Morgan fingerprint density at radius 3 is 2.71 bits per heavy atom. The number of nitrogens with zero attached hydrogens (tertiary/aromatic N) is 1. The molecule has 1 atom stereocenters. The molecule has 0 saturated carbocycles. The number of nitrogens with two attached hydrogens (primary N) is 1. The minimum atomic E-state index is -3.45. The summed E-state index contributed by atoms with van der Waals surface area (Å²) in [5.74, 6) is -0.622. The zero-order valence-corrected chi connectivity index (χ0v) is 10.2. The summed E-state index contributed by atoms with van der Waals surface area (Å²) in [6.45, 7) is 0. The van der Waals surface area contributed by atoms with E-state index in [0.29, 0.717) is 0 Å². The molecular weight excluding hydrogens is 246 g/mol. The van der Waals surface area contributed by atoms with Crippen LogP contribution in [0.2, 0.25) is 0 Å². The van der Waals surface area contributed by atoms with Crippen LogP contribution in [-0.4, -0.2) is 32.7 Å². The Morgan fingerprint density at radius 1 is 1.59 bits per heavy atom. The normalized spacial score (nSPS) is 13.3. The van der Waals surface area contributed by atoms with E-state index in [1.165, 1.54) is 25.4 Å². The van der Waals surface area contributed by atoms with E-state index in [4.69, 9.17) is 10.5 Å². The Labute approximate surface area is 99.0 Å². The van der Waals surface area contributed by atoms with Crippen molar-refractivity contribution in [2.45, 2.75) is 6.23 Å². The van der Waals surface area contributed by atoms with Crippen molar-refractivity contribution in [3.8, 4) is 0 Å². The highest BCUT2D eigenvalue weighted by molar-refractivity contribution is 7.88. The summed E-state index contributed by atoms with van der Waals surface area (Å²) in [5.41, 5.74) is 5.59. The molecule has 3 N–H and O–H groups in total. The lowest BCUT2D eigenvalue weighted by atomic mass is 10.2. The number of amides is 1. The Balaban J connectivity index is 3.04. The average molecular weight is 259 g/mol. The Hall–Kier alpha value is -1.51. The van der Waals surface area contributed by atoms with Gasteiger partial charge in [0.15, 0.2) is 6.23 Å². The van der Waals surface area contributed by atoms with Crippen LogP contribution in [-0.2, 0) is 14.8 Å². The van der Waals surface area contributed by atoms with Gasteiger partial charge in [0, 0.05) is 18.9 Å². The number of hydrogen-bond acceptors (Lipinski definition) is 5. The Morgan fingerprint density at radius 2 is 2.24 bits per heavy atom. The van der Waals surface area contributed by atoms with E-state index in [0.717, 1.165) is 6.26 Å². The number of aromatic nitrogens is 1. The fourth-order valence-corrected chi connectivity index (χ4v) is 1.77.